The summed E-state index contributed by atoms with van der Waals surface area (Å²) in [6.45, 7) is 0.452. The number of hydrogen-bond acceptors (Lipinski definition) is 2. The van der Waals surface area contributed by atoms with Gasteiger partial charge in [-0.25, -0.2) is 0 Å². The first-order valence-electron chi connectivity index (χ1n) is 5.40. The maximum Gasteiger partial charge on any atom is 0.139 e. The molecule has 0 aromatic heterocycles. The first kappa shape index (κ1) is 13.2. The predicted octanol–water partition coefficient (Wildman–Crippen LogP) is 4.69. The second-order valence-electron chi connectivity index (χ2n) is 3.71. The topological polar surface area (TPSA) is 18.5 Å². The molecule has 18 heavy (non-hydrogen) atoms. The highest BCUT2D eigenvalue weighted by Gasteiger charge is 2.03. The highest BCUT2D eigenvalue weighted by Crippen LogP contribution is 2.28. The van der Waals surface area contributed by atoms with E-state index >= 15 is 0 Å². The summed E-state index contributed by atoms with van der Waals surface area (Å²) in [5.74, 6) is 1.48. The van der Waals surface area contributed by atoms with E-state index in [1.165, 1.54) is 0 Å². The average molecular weight is 328 g/mol. The molecule has 2 aromatic carbocycles. The normalized spacial score (nSPS) is 10.2. The Bertz CT molecular complexity index is 543. The molecule has 0 spiro atoms. The van der Waals surface area contributed by atoms with E-state index in [0.29, 0.717) is 17.4 Å². The van der Waals surface area contributed by atoms with Crippen molar-refractivity contribution in [2.45, 2.75) is 6.61 Å². The molecule has 0 amide bonds. The van der Waals surface area contributed by atoms with Crippen LogP contribution in [0.5, 0.6) is 11.5 Å². The fourth-order valence-corrected chi connectivity index (χ4v) is 2.02. The molecular formula is C14H12BrClO2. The maximum absolute atomic E-state index is 6.05. The molecule has 0 aliphatic rings. The summed E-state index contributed by atoms with van der Waals surface area (Å²) in [5, 5.41) is 0.598. The van der Waals surface area contributed by atoms with Crippen LogP contribution in [0, 0.1) is 0 Å². The molecule has 0 unspecified atom stereocenters. The zero-order valence-corrected chi connectivity index (χ0v) is 12.2. The molecule has 0 saturated carbocycles. The number of ether oxygens (including phenoxy) is 2. The summed E-state index contributed by atoms with van der Waals surface area (Å²) >= 11 is 9.44. The van der Waals surface area contributed by atoms with Gasteiger partial charge >= 0.3 is 0 Å². The lowest BCUT2D eigenvalue weighted by Gasteiger charge is -2.09. The smallest absolute Gasteiger partial charge is 0.139 e. The third kappa shape index (κ3) is 3.40. The van der Waals surface area contributed by atoms with Crippen molar-refractivity contribution in [2.24, 2.45) is 0 Å². The molecule has 0 aliphatic heterocycles. The van der Waals surface area contributed by atoms with Crippen molar-refractivity contribution in [3.63, 3.8) is 0 Å². The third-order valence-electron chi connectivity index (χ3n) is 2.42. The van der Waals surface area contributed by atoms with Crippen molar-refractivity contribution in [1.82, 2.24) is 0 Å². The fourth-order valence-electron chi connectivity index (χ4n) is 1.51. The van der Waals surface area contributed by atoms with Crippen LogP contribution in [0.1, 0.15) is 5.56 Å². The van der Waals surface area contributed by atoms with Crippen LogP contribution in [-0.4, -0.2) is 7.11 Å². The first-order valence-corrected chi connectivity index (χ1v) is 6.57. The molecule has 2 nitrogen and oxygen atoms in total. The van der Waals surface area contributed by atoms with E-state index in [9.17, 15) is 0 Å². The summed E-state index contributed by atoms with van der Waals surface area (Å²) in [6, 6.07) is 13.3. The number of halogens is 2. The van der Waals surface area contributed by atoms with Crippen LogP contribution in [0.15, 0.2) is 46.9 Å². The number of hydrogen-bond donors (Lipinski definition) is 0. The molecule has 0 aliphatic carbocycles. The van der Waals surface area contributed by atoms with Crippen molar-refractivity contribution in [2.75, 3.05) is 7.11 Å². The summed E-state index contributed by atoms with van der Waals surface area (Å²) in [4.78, 5) is 0. The van der Waals surface area contributed by atoms with Gasteiger partial charge in [-0.1, -0.05) is 39.7 Å². The predicted molar refractivity (Wildman–Crippen MR) is 76.5 cm³/mol. The Morgan fingerprint density at radius 2 is 2.00 bits per heavy atom. The van der Waals surface area contributed by atoms with Crippen LogP contribution in [0.2, 0.25) is 5.02 Å². The van der Waals surface area contributed by atoms with Gasteiger partial charge in [0, 0.05) is 4.47 Å². The van der Waals surface area contributed by atoms with Gasteiger partial charge in [0.1, 0.15) is 18.1 Å². The zero-order chi connectivity index (χ0) is 13.0. The lowest BCUT2D eigenvalue weighted by atomic mass is 10.2. The summed E-state index contributed by atoms with van der Waals surface area (Å²) < 4.78 is 11.8. The van der Waals surface area contributed by atoms with Crippen molar-refractivity contribution in [1.29, 1.82) is 0 Å². The van der Waals surface area contributed by atoms with Crippen LogP contribution >= 0.6 is 27.5 Å². The Morgan fingerprint density at radius 1 is 1.17 bits per heavy atom. The fraction of sp³-hybridized carbons (Fsp3) is 0.143. The zero-order valence-electron chi connectivity index (χ0n) is 9.82. The largest absolute Gasteiger partial charge is 0.497 e. The summed E-state index contributed by atoms with van der Waals surface area (Å²) in [5.41, 5.74) is 1.03. The highest BCUT2D eigenvalue weighted by molar-refractivity contribution is 9.10. The second kappa shape index (κ2) is 6.12. The van der Waals surface area contributed by atoms with Crippen LogP contribution in [0.25, 0.3) is 0 Å². The molecule has 0 heterocycles. The van der Waals surface area contributed by atoms with Crippen LogP contribution < -0.4 is 9.47 Å². The van der Waals surface area contributed by atoms with E-state index in [-0.39, 0.29) is 0 Å². The molecule has 0 fully saturated rings. The first-order chi connectivity index (χ1) is 8.69. The van der Waals surface area contributed by atoms with Gasteiger partial charge in [-0.2, -0.15) is 0 Å². The minimum atomic E-state index is 0.452. The van der Waals surface area contributed by atoms with E-state index in [1.807, 2.05) is 36.4 Å². The third-order valence-corrected chi connectivity index (χ3v) is 3.23. The van der Waals surface area contributed by atoms with Gasteiger partial charge < -0.3 is 9.47 Å². The standard InChI is InChI=1S/C14H12BrClO2/c1-17-12-4-2-3-10(7-12)9-18-14-8-11(15)5-6-13(14)16/h2-8H,9H2,1H3. The Balaban J connectivity index is 2.08. The minimum absolute atomic E-state index is 0.452. The molecule has 0 atom stereocenters. The van der Waals surface area contributed by atoms with Gasteiger partial charge in [0.15, 0.2) is 0 Å². The Kier molecular flexibility index (Phi) is 4.50. The molecular weight excluding hydrogens is 316 g/mol. The monoisotopic (exact) mass is 326 g/mol. The summed E-state index contributed by atoms with van der Waals surface area (Å²) in [6.07, 6.45) is 0. The lowest BCUT2D eigenvalue weighted by molar-refractivity contribution is 0.305. The van der Waals surface area contributed by atoms with Gasteiger partial charge in [-0.05, 0) is 35.9 Å². The van der Waals surface area contributed by atoms with Crippen molar-refractivity contribution in [3.05, 3.63) is 57.5 Å². The lowest BCUT2D eigenvalue weighted by Crippen LogP contribution is -1.96. The van der Waals surface area contributed by atoms with Gasteiger partial charge in [0.25, 0.3) is 0 Å². The van der Waals surface area contributed by atoms with E-state index in [1.54, 1.807) is 13.2 Å². The van der Waals surface area contributed by atoms with Gasteiger partial charge in [-0.15, -0.1) is 0 Å². The van der Waals surface area contributed by atoms with Crippen molar-refractivity contribution in [3.8, 4) is 11.5 Å². The Morgan fingerprint density at radius 3 is 2.78 bits per heavy atom. The SMILES string of the molecule is COc1cccc(COc2cc(Br)ccc2Cl)c1. The molecule has 2 rings (SSSR count). The van der Waals surface area contributed by atoms with E-state index in [0.717, 1.165) is 15.8 Å². The number of rotatable bonds is 4. The van der Waals surface area contributed by atoms with Gasteiger partial charge in [0.05, 0.1) is 12.1 Å². The molecule has 2 aromatic rings. The van der Waals surface area contributed by atoms with Crippen LogP contribution in [-0.2, 0) is 6.61 Å². The van der Waals surface area contributed by atoms with E-state index < -0.39 is 0 Å². The Hall–Kier alpha value is -1.19. The molecule has 0 saturated heterocycles. The van der Waals surface area contributed by atoms with E-state index in [2.05, 4.69) is 15.9 Å². The highest BCUT2D eigenvalue weighted by atomic mass is 79.9. The average Bonchev–Trinajstić information content (AvgIpc) is 2.40. The molecule has 0 radical (unpaired) electrons. The van der Waals surface area contributed by atoms with Crippen molar-refractivity contribution >= 4 is 27.5 Å². The molecule has 94 valence electrons. The number of benzene rings is 2. The summed E-state index contributed by atoms with van der Waals surface area (Å²) in [7, 11) is 1.64. The second-order valence-corrected chi connectivity index (χ2v) is 5.04. The molecule has 0 N–H and O–H groups in total. The quantitative estimate of drug-likeness (QED) is 0.811. The van der Waals surface area contributed by atoms with Crippen molar-refractivity contribution < 1.29 is 9.47 Å². The minimum Gasteiger partial charge on any atom is -0.497 e. The van der Waals surface area contributed by atoms with Crippen LogP contribution in [0.3, 0.4) is 0 Å². The number of methoxy groups -OCH3 is 1. The van der Waals surface area contributed by atoms with Gasteiger partial charge in [0.2, 0.25) is 0 Å². The van der Waals surface area contributed by atoms with E-state index in [4.69, 9.17) is 21.1 Å². The maximum atomic E-state index is 6.05. The molecule has 0 bridgehead atoms. The van der Waals surface area contributed by atoms with Crippen LogP contribution in [0.4, 0.5) is 0 Å². The molecule has 4 heteroatoms. The Labute approximate surface area is 120 Å². The van der Waals surface area contributed by atoms with Gasteiger partial charge in [-0.3, -0.25) is 0 Å².